The van der Waals surface area contributed by atoms with Crippen LogP contribution in [-0.4, -0.2) is 6.54 Å². The number of nitrogens with two attached hydrogens (primary N) is 1. The molecule has 1 aliphatic rings. The highest BCUT2D eigenvalue weighted by Gasteiger charge is 2.36. The molecule has 88 valence electrons. The van der Waals surface area contributed by atoms with Gasteiger partial charge in [-0.05, 0) is 49.6 Å². The molecular formula is C15H23N. The van der Waals surface area contributed by atoms with Crippen molar-refractivity contribution in [1.29, 1.82) is 0 Å². The molecule has 0 amide bonds. The lowest BCUT2D eigenvalue weighted by Crippen LogP contribution is -2.30. The van der Waals surface area contributed by atoms with Gasteiger partial charge in [-0.1, -0.05) is 43.2 Å². The molecule has 0 heterocycles. The number of rotatable bonds is 3. The van der Waals surface area contributed by atoms with Crippen LogP contribution in [0.3, 0.4) is 0 Å². The van der Waals surface area contributed by atoms with Gasteiger partial charge in [0.15, 0.2) is 0 Å². The minimum Gasteiger partial charge on any atom is -0.330 e. The van der Waals surface area contributed by atoms with Crippen LogP contribution in [0.5, 0.6) is 0 Å². The molecule has 0 spiro atoms. The van der Waals surface area contributed by atoms with Crippen molar-refractivity contribution in [1.82, 2.24) is 0 Å². The van der Waals surface area contributed by atoms with Crippen LogP contribution in [0.25, 0.3) is 0 Å². The van der Waals surface area contributed by atoms with Gasteiger partial charge >= 0.3 is 0 Å². The maximum absolute atomic E-state index is 6.01. The smallest absolute Gasteiger partial charge is 0.00172 e. The fraction of sp³-hybridized carbons (Fsp3) is 0.600. The van der Waals surface area contributed by atoms with Crippen molar-refractivity contribution in [2.75, 3.05) is 6.54 Å². The van der Waals surface area contributed by atoms with Crippen LogP contribution in [0, 0.1) is 18.3 Å². The minimum absolute atomic E-state index is 0.384. The molecule has 0 aromatic heterocycles. The fourth-order valence-corrected chi connectivity index (χ4v) is 3.05. The predicted octanol–water partition coefficient (Wildman–Crippen LogP) is 3.30. The van der Waals surface area contributed by atoms with Crippen molar-refractivity contribution < 1.29 is 0 Å². The van der Waals surface area contributed by atoms with Gasteiger partial charge in [0.1, 0.15) is 0 Å². The maximum Gasteiger partial charge on any atom is -0.00172 e. The zero-order chi connectivity index (χ0) is 11.6. The third-order valence-electron chi connectivity index (χ3n) is 4.08. The summed E-state index contributed by atoms with van der Waals surface area (Å²) in [6.45, 7) is 5.33. The third-order valence-corrected chi connectivity index (χ3v) is 4.08. The summed E-state index contributed by atoms with van der Waals surface area (Å²) in [6, 6.07) is 8.93. The summed E-state index contributed by atoms with van der Waals surface area (Å²) in [5, 5.41) is 0. The van der Waals surface area contributed by atoms with Crippen molar-refractivity contribution in [3.05, 3.63) is 35.4 Å². The molecule has 1 fully saturated rings. The third kappa shape index (κ3) is 2.46. The van der Waals surface area contributed by atoms with E-state index < -0.39 is 0 Å². The second kappa shape index (κ2) is 4.58. The molecule has 0 radical (unpaired) electrons. The SMILES string of the molecule is Cc1ccc(CC2(CN)CCC(C)C2)cc1. The van der Waals surface area contributed by atoms with Crippen molar-refractivity contribution in [3.63, 3.8) is 0 Å². The van der Waals surface area contributed by atoms with Crippen LogP contribution >= 0.6 is 0 Å². The van der Waals surface area contributed by atoms with Gasteiger partial charge in [-0.25, -0.2) is 0 Å². The Kier molecular flexibility index (Phi) is 3.34. The van der Waals surface area contributed by atoms with E-state index in [1.165, 1.54) is 30.4 Å². The molecule has 1 aromatic carbocycles. The summed E-state index contributed by atoms with van der Waals surface area (Å²) in [5.41, 5.74) is 9.18. The average Bonchev–Trinajstić information content (AvgIpc) is 2.64. The van der Waals surface area contributed by atoms with Crippen LogP contribution in [0.15, 0.2) is 24.3 Å². The van der Waals surface area contributed by atoms with E-state index in [4.69, 9.17) is 5.73 Å². The molecule has 1 saturated carbocycles. The predicted molar refractivity (Wildman–Crippen MR) is 69.4 cm³/mol. The van der Waals surface area contributed by atoms with E-state index in [9.17, 15) is 0 Å². The lowest BCUT2D eigenvalue weighted by atomic mass is 9.79. The summed E-state index contributed by atoms with van der Waals surface area (Å²) in [5.74, 6) is 0.856. The second-order valence-electron chi connectivity index (χ2n) is 5.71. The normalized spacial score (nSPS) is 29.6. The van der Waals surface area contributed by atoms with Crippen molar-refractivity contribution in [2.24, 2.45) is 17.1 Å². The standard InChI is InChI=1S/C15H23N/c1-12-3-5-14(6-4-12)10-15(11-16)8-7-13(2)9-15/h3-6,13H,7-11,16H2,1-2H3. The van der Waals surface area contributed by atoms with Gasteiger partial charge in [0.25, 0.3) is 0 Å². The van der Waals surface area contributed by atoms with Gasteiger partial charge in [-0.3, -0.25) is 0 Å². The number of hydrogen-bond acceptors (Lipinski definition) is 1. The van der Waals surface area contributed by atoms with Gasteiger partial charge in [-0.2, -0.15) is 0 Å². The Hall–Kier alpha value is -0.820. The minimum atomic E-state index is 0.384. The van der Waals surface area contributed by atoms with Gasteiger partial charge in [0, 0.05) is 0 Å². The summed E-state index contributed by atoms with van der Waals surface area (Å²) in [4.78, 5) is 0. The molecule has 2 unspecified atom stereocenters. The van der Waals surface area contributed by atoms with E-state index in [1.54, 1.807) is 0 Å². The van der Waals surface area contributed by atoms with Crippen LogP contribution < -0.4 is 5.73 Å². The number of hydrogen-bond donors (Lipinski definition) is 1. The largest absolute Gasteiger partial charge is 0.330 e. The first kappa shape index (κ1) is 11.7. The Balaban J connectivity index is 2.10. The Bertz CT molecular complexity index is 341. The molecule has 0 aliphatic heterocycles. The first-order valence-corrected chi connectivity index (χ1v) is 6.39. The van der Waals surface area contributed by atoms with E-state index in [0.717, 1.165) is 18.9 Å². The highest BCUT2D eigenvalue weighted by molar-refractivity contribution is 5.22. The Morgan fingerprint density at radius 1 is 1.31 bits per heavy atom. The number of aryl methyl sites for hydroxylation is 1. The maximum atomic E-state index is 6.01. The van der Waals surface area contributed by atoms with Crippen LogP contribution in [0.1, 0.15) is 37.3 Å². The molecule has 16 heavy (non-hydrogen) atoms. The van der Waals surface area contributed by atoms with E-state index in [1.807, 2.05) is 0 Å². The van der Waals surface area contributed by atoms with E-state index >= 15 is 0 Å². The number of benzene rings is 1. The Morgan fingerprint density at radius 2 is 2.00 bits per heavy atom. The first-order valence-electron chi connectivity index (χ1n) is 6.39. The van der Waals surface area contributed by atoms with Gasteiger partial charge < -0.3 is 5.73 Å². The van der Waals surface area contributed by atoms with Crippen molar-refractivity contribution >= 4 is 0 Å². The average molecular weight is 217 g/mol. The molecule has 1 aromatic rings. The van der Waals surface area contributed by atoms with E-state index in [-0.39, 0.29) is 0 Å². The fourth-order valence-electron chi connectivity index (χ4n) is 3.05. The van der Waals surface area contributed by atoms with Crippen LogP contribution in [-0.2, 0) is 6.42 Å². The van der Waals surface area contributed by atoms with Crippen molar-refractivity contribution in [3.8, 4) is 0 Å². The molecule has 0 saturated heterocycles. The topological polar surface area (TPSA) is 26.0 Å². The van der Waals surface area contributed by atoms with Gasteiger partial charge in [0.05, 0.1) is 0 Å². The van der Waals surface area contributed by atoms with E-state index in [2.05, 4.69) is 38.1 Å². The second-order valence-corrected chi connectivity index (χ2v) is 5.71. The monoisotopic (exact) mass is 217 g/mol. The summed E-state index contributed by atoms with van der Waals surface area (Å²) >= 11 is 0. The molecule has 1 heteroatoms. The molecule has 1 aliphatic carbocycles. The van der Waals surface area contributed by atoms with Crippen molar-refractivity contribution in [2.45, 2.75) is 39.5 Å². The molecule has 2 N–H and O–H groups in total. The molecule has 2 atom stereocenters. The zero-order valence-electron chi connectivity index (χ0n) is 10.5. The summed E-state index contributed by atoms with van der Waals surface area (Å²) < 4.78 is 0. The van der Waals surface area contributed by atoms with Crippen LogP contribution in [0.4, 0.5) is 0 Å². The molecule has 0 bridgehead atoms. The zero-order valence-corrected chi connectivity index (χ0v) is 10.5. The Morgan fingerprint density at radius 3 is 2.50 bits per heavy atom. The van der Waals surface area contributed by atoms with Crippen LogP contribution in [0.2, 0.25) is 0 Å². The highest BCUT2D eigenvalue weighted by Crippen LogP contribution is 2.43. The lowest BCUT2D eigenvalue weighted by molar-refractivity contribution is 0.295. The molecular weight excluding hydrogens is 194 g/mol. The van der Waals surface area contributed by atoms with E-state index in [0.29, 0.717) is 5.41 Å². The Labute approximate surface area is 99.0 Å². The lowest BCUT2D eigenvalue weighted by Gasteiger charge is -2.27. The summed E-state index contributed by atoms with van der Waals surface area (Å²) in [7, 11) is 0. The molecule has 1 nitrogen and oxygen atoms in total. The summed E-state index contributed by atoms with van der Waals surface area (Å²) in [6.07, 6.45) is 5.12. The molecule has 2 rings (SSSR count). The van der Waals surface area contributed by atoms with Gasteiger partial charge in [-0.15, -0.1) is 0 Å². The highest BCUT2D eigenvalue weighted by atomic mass is 14.6. The first-order chi connectivity index (χ1) is 7.63. The van der Waals surface area contributed by atoms with Gasteiger partial charge in [0.2, 0.25) is 0 Å². The quantitative estimate of drug-likeness (QED) is 0.826.